The van der Waals surface area contributed by atoms with Gasteiger partial charge in [-0.15, -0.1) is 0 Å². The molecule has 4 aromatic rings. The number of carbonyl (C=O) groups excluding carboxylic acids is 1. The summed E-state index contributed by atoms with van der Waals surface area (Å²) in [6.07, 6.45) is 4.95. The number of rotatable bonds is 13. The van der Waals surface area contributed by atoms with Gasteiger partial charge in [0.1, 0.15) is 28.6 Å². The molecule has 246 valence electrons. The highest BCUT2D eigenvalue weighted by molar-refractivity contribution is 5.99. The lowest BCUT2D eigenvalue weighted by molar-refractivity contribution is 0.0694. The van der Waals surface area contributed by atoms with E-state index in [1.807, 2.05) is 0 Å². The maximum Gasteiger partial charge on any atom is 0.425 e. The number of nitrogens with one attached hydrogen (secondary N) is 1. The molecule has 47 heavy (non-hydrogen) atoms. The van der Waals surface area contributed by atoms with Crippen LogP contribution in [0.2, 0.25) is 0 Å². The smallest absolute Gasteiger partial charge is 0.425 e. The third-order valence-corrected chi connectivity index (χ3v) is 7.51. The summed E-state index contributed by atoms with van der Waals surface area (Å²) in [5.41, 5.74) is 0.374. The number of likely N-dealkylation sites (tertiary alicyclic amines) is 1. The maximum absolute atomic E-state index is 15.0. The van der Waals surface area contributed by atoms with Crippen LogP contribution in [-0.2, 0) is 0 Å². The highest BCUT2D eigenvalue weighted by Crippen LogP contribution is 2.37. The van der Waals surface area contributed by atoms with Gasteiger partial charge < -0.3 is 34.3 Å². The van der Waals surface area contributed by atoms with Gasteiger partial charge in [0.2, 0.25) is 5.95 Å². The minimum atomic E-state index is -1.27. The van der Waals surface area contributed by atoms with Gasteiger partial charge in [-0.1, -0.05) is 18.6 Å². The van der Waals surface area contributed by atoms with Gasteiger partial charge in [0.05, 0.1) is 26.5 Å². The number of hydrogen-bond donors (Lipinski definition) is 2. The number of hydrogen-bond acceptors (Lipinski definition) is 10. The number of ether oxygens (including phenoxy) is 4. The Bertz CT molecular complexity index is 1700. The summed E-state index contributed by atoms with van der Waals surface area (Å²) >= 11 is 0. The van der Waals surface area contributed by atoms with Crippen LogP contribution in [0.15, 0.2) is 72.9 Å². The average molecular weight is 646 g/mol. The van der Waals surface area contributed by atoms with Gasteiger partial charge in [-0.05, 0) is 68.8 Å². The quantitative estimate of drug-likeness (QED) is 0.151. The van der Waals surface area contributed by atoms with Crippen LogP contribution in [0.1, 0.15) is 36.0 Å². The largest absolute Gasteiger partial charge is 0.497 e. The van der Waals surface area contributed by atoms with Crippen molar-refractivity contribution >= 4 is 35.2 Å². The first-order chi connectivity index (χ1) is 22.9. The predicted octanol–water partition coefficient (Wildman–Crippen LogP) is 6.67. The van der Waals surface area contributed by atoms with Crippen LogP contribution in [0.3, 0.4) is 0 Å². The van der Waals surface area contributed by atoms with Crippen molar-refractivity contribution in [2.75, 3.05) is 50.7 Å². The zero-order chi connectivity index (χ0) is 33.2. The Morgan fingerprint density at radius 3 is 2.51 bits per heavy atom. The molecule has 0 atom stereocenters. The van der Waals surface area contributed by atoms with Gasteiger partial charge in [-0.25, -0.2) is 23.9 Å². The van der Waals surface area contributed by atoms with Crippen LogP contribution in [-0.4, -0.2) is 72.5 Å². The zero-order valence-corrected chi connectivity index (χ0v) is 26.1. The molecule has 1 saturated heterocycles. The molecular weight excluding hydrogens is 609 g/mol. The van der Waals surface area contributed by atoms with E-state index in [-0.39, 0.29) is 40.3 Å². The molecule has 0 aliphatic carbocycles. The molecule has 0 unspecified atom stereocenters. The van der Waals surface area contributed by atoms with Crippen LogP contribution < -0.4 is 29.2 Å². The number of benzene rings is 3. The number of methoxy groups -OCH3 is 2. The third-order valence-electron chi connectivity index (χ3n) is 7.51. The Hall–Kier alpha value is -5.43. The van der Waals surface area contributed by atoms with Crippen LogP contribution >= 0.6 is 0 Å². The van der Waals surface area contributed by atoms with Crippen molar-refractivity contribution in [2.24, 2.45) is 0 Å². The number of carboxylic acid groups (broad SMARTS) is 1. The highest BCUT2D eigenvalue weighted by Gasteiger charge is 2.27. The first-order valence-corrected chi connectivity index (χ1v) is 15.2. The molecule has 3 aromatic carbocycles. The molecule has 1 aliphatic rings. The highest BCUT2D eigenvalue weighted by atomic mass is 19.1. The second-order valence-electron chi connectivity index (χ2n) is 10.7. The fraction of sp³-hybridized carbons (Fsp3) is 0.294. The Kier molecular flexibility index (Phi) is 11.0. The summed E-state index contributed by atoms with van der Waals surface area (Å²) in [4.78, 5) is 37.7. The van der Waals surface area contributed by atoms with Gasteiger partial charge in [0.25, 0.3) is 0 Å². The number of nitrogens with zero attached hydrogens (tertiary/aromatic N) is 4. The molecule has 0 radical (unpaired) electrons. The van der Waals surface area contributed by atoms with E-state index in [0.29, 0.717) is 18.0 Å². The number of anilines is 4. The van der Waals surface area contributed by atoms with Crippen molar-refractivity contribution in [1.29, 1.82) is 0 Å². The number of carboxylic acids is 1. The van der Waals surface area contributed by atoms with Crippen molar-refractivity contribution in [1.82, 2.24) is 14.9 Å². The lowest BCUT2D eigenvalue weighted by atomic mass is 10.1. The van der Waals surface area contributed by atoms with E-state index in [9.17, 15) is 19.1 Å². The lowest BCUT2D eigenvalue weighted by Crippen LogP contribution is -2.31. The van der Waals surface area contributed by atoms with Crippen LogP contribution in [0.5, 0.6) is 23.0 Å². The fourth-order valence-electron chi connectivity index (χ4n) is 5.17. The van der Waals surface area contributed by atoms with E-state index in [2.05, 4.69) is 20.2 Å². The van der Waals surface area contributed by atoms with Crippen LogP contribution in [0.25, 0.3) is 0 Å². The first-order valence-electron chi connectivity index (χ1n) is 15.2. The van der Waals surface area contributed by atoms with Crippen LogP contribution in [0.4, 0.5) is 32.3 Å². The SMILES string of the molecule is COc1ccc(N(C(=O)Oc2ccccc2C(=O)O)c2ccnc(Nc3ccc(OCCCN4CCCCC4)c(F)c3)n2)c(OC)c1. The van der Waals surface area contributed by atoms with E-state index < -0.39 is 17.9 Å². The van der Waals surface area contributed by atoms with Crippen molar-refractivity contribution in [3.63, 3.8) is 0 Å². The molecule has 12 nitrogen and oxygen atoms in total. The Labute approximate surface area is 271 Å². The summed E-state index contributed by atoms with van der Waals surface area (Å²) < 4.78 is 37.0. The van der Waals surface area contributed by atoms with Gasteiger partial charge in [0.15, 0.2) is 11.6 Å². The minimum absolute atomic E-state index is 0.0494. The molecule has 1 aliphatic heterocycles. The lowest BCUT2D eigenvalue weighted by Gasteiger charge is -2.26. The predicted molar refractivity (Wildman–Crippen MR) is 173 cm³/mol. The molecule has 1 aromatic heterocycles. The van der Waals surface area contributed by atoms with E-state index >= 15 is 0 Å². The topological polar surface area (TPSA) is 136 Å². The molecule has 2 heterocycles. The van der Waals surface area contributed by atoms with E-state index in [1.54, 1.807) is 30.3 Å². The zero-order valence-electron chi connectivity index (χ0n) is 26.1. The van der Waals surface area contributed by atoms with Gasteiger partial charge in [0, 0.05) is 36.6 Å². The van der Waals surface area contributed by atoms with E-state index in [1.165, 1.54) is 76.1 Å². The van der Waals surface area contributed by atoms with Crippen LogP contribution in [0, 0.1) is 5.82 Å². The van der Waals surface area contributed by atoms with Gasteiger partial charge >= 0.3 is 12.1 Å². The number of halogens is 1. The summed E-state index contributed by atoms with van der Waals surface area (Å²) in [6.45, 7) is 3.53. The standard InChI is InChI=1S/C34H36FN5O7/c1-44-24-12-13-27(30(22-24)45-2)40(34(43)47-28-10-5-4-9-25(28)32(41)42)31-15-16-36-33(38-31)37-23-11-14-29(26(35)21-23)46-20-8-19-39-17-6-3-7-18-39/h4-5,9-16,21-22H,3,6-8,17-20H2,1-2H3,(H,41,42)(H,36,37,38). The Morgan fingerprint density at radius 1 is 0.957 bits per heavy atom. The number of para-hydroxylation sites is 1. The van der Waals surface area contributed by atoms with Crippen molar-refractivity contribution in [3.8, 4) is 23.0 Å². The second-order valence-corrected chi connectivity index (χ2v) is 10.7. The van der Waals surface area contributed by atoms with E-state index in [0.717, 1.165) is 31.0 Å². The number of piperidine rings is 1. The van der Waals surface area contributed by atoms with E-state index in [4.69, 9.17) is 18.9 Å². The normalized spacial score (nSPS) is 13.0. The first kappa shape index (κ1) is 32.9. The molecule has 2 N–H and O–H groups in total. The monoisotopic (exact) mass is 645 g/mol. The average Bonchev–Trinajstić information content (AvgIpc) is 3.08. The Balaban J connectivity index is 1.36. The summed E-state index contributed by atoms with van der Waals surface area (Å²) in [6, 6.07) is 16.4. The number of aromatic nitrogens is 2. The minimum Gasteiger partial charge on any atom is -0.497 e. The molecule has 0 spiro atoms. The molecular formula is C34H36FN5O7. The molecule has 13 heteroatoms. The van der Waals surface area contributed by atoms with Crippen molar-refractivity contribution in [2.45, 2.75) is 25.7 Å². The summed E-state index contributed by atoms with van der Waals surface area (Å²) in [5, 5.41) is 12.6. The van der Waals surface area contributed by atoms with Crippen molar-refractivity contribution in [3.05, 3.63) is 84.3 Å². The number of carbonyl (C=O) groups is 2. The molecule has 1 fully saturated rings. The summed E-state index contributed by atoms with van der Waals surface area (Å²) in [5.74, 6) is -1.02. The molecule has 0 saturated carbocycles. The fourth-order valence-corrected chi connectivity index (χ4v) is 5.17. The third kappa shape index (κ3) is 8.44. The second kappa shape index (κ2) is 15.7. The number of aromatic carboxylic acids is 1. The van der Waals surface area contributed by atoms with Crippen molar-refractivity contribution < 1.29 is 38.0 Å². The maximum atomic E-state index is 15.0. The summed E-state index contributed by atoms with van der Waals surface area (Å²) in [7, 11) is 2.91. The molecule has 0 bridgehead atoms. The Morgan fingerprint density at radius 2 is 1.77 bits per heavy atom. The molecule has 5 rings (SSSR count). The number of amides is 1. The molecule has 1 amide bonds. The van der Waals surface area contributed by atoms with Gasteiger partial charge in [-0.3, -0.25) is 0 Å². The van der Waals surface area contributed by atoms with Gasteiger partial charge in [-0.2, -0.15) is 4.98 Å².